The Kier molecular flexibility index (Phi) is 2.33. The predicted octanol–water partition coefficient (Wildman–Crippen LogP) is 0.216. The lowest BCUT2D eigenvalue weighted by molar-refractivity contribution is -0.199. The number of hydrazine groups is 1. The van der Waals surface area contributed by atoms with Crippen molar-refractivity contribution in [1.29, 1.82) is 0 Å². The minimum Gasteiger partial charge on any atom is -0.317 e. The minimum absolute atomic E-state index is 0.0375. The maximum atomic E-state index is 12.3. The van der Waals surface area contributed by atoms with E-state index in [1.165, 1.54) is 0 Å². The van der Waals surface area contributed by atoms with Crippen molar-refractivity contribution in [2.75, 3.05) is 13.1 Å². The summed E-state index contributed by atoms with van der Waals surface area (Å²) in [5, 5.41) is 1.12. The molecule has 0 spiro atoms. The molecule has 12 heavy (non-hydrogen) atoms. The molecule has 1 saturated heterocycles. The largest absolute Gasteiger partial charge is 0.407 e. The Labute approximate surface area is 68.5 Å². The molecule has 1 atom stereocenters. The van der Waals surface area contributed by atoms with Crippen LogP contribution >= 0.6 is 0 Å². The van der Waals surface area contributed by atoms with Gasteiger partial charge >= 0.3 is 6.18 Å². The standard InChI is InChI=1S/C6H12F3N3/c7-6(8,9)5(10)2-1-3-12(11)4-5/h1-4,10-11H2. The lowest BCUT2D eigenvalue weighted by atomic mass is 9.90. The highest BCUT2D eigenvalue weighted by molar-refractivity contribution is 4.96. The Balaban J connectivity index is 2.70. The molecule has 0 radical (unpaired) electrons. The van der Waals surface area contributed by atoms with Gasteiger partial charge in [0, 0.05) is 13.1 Å². The van der Waals surface area contributed by atoms with Crippen LogP contribution in [-0.4, -0.2) is 29.8 Å². The van der Waals surface area contributed by atoms with Gasteiger partial charge in [0.1, 0.15) is 5.54 Å². The normalized spacial score (nSPS) is 33.8. The smallest absolute Gasteiger partial charge is 0.317 e. The molecule has 0 saturated carbocycles. The number of alkyl halides is 3. The van der Waals surface area contributed by atoms with Crippen LogP contribution in [0.2, 0.25) is 0 Å². The van der Waals surface area contributed by atoms with Gasteiger partial charge in [0.2, 0.25) is 0 Å². The fourth-order valence-electron chi connectivity index (χ4n) is 1.35. The molecule has 72 valence electrons. The van der Waals surface area contributed by atoms with Gasteiger partial charge in [-0.2, -0.15) is 13.2 Å². The van der Waals surface area contributed by atoms with E-state index in [9.17, 15) is 13.2 Å². The summed E-state index contributed by atoms with van der Waals surface area (Å²) in [6.07, 6.45) is -4.00. The van der Waals surface area contributed by atoms with Gasteiger partial charge in [-0.05, 0) is 12.8 Å². The van der Waals surface area contributed by atoms with Crippen molar-refractivity contribution in [2.45, 2.75) is 24.6 Å². The van der Waals surface area contributed by atoms with Crippen LogP contribution in [-0.2, 0) is 0 Å². The molecule has 0 bridgehead atoms. The average molecular weight is 183 g/mol. The molecule has 1 fully saturated rings. The number of hydrogen-bond acceptors (Lipinski definition) is 3. The van der Waals surface area contributed by atoms with E-state index < -0.39 is 11.7 Å². The second-order valence-electron chi connectivity index (χ2n) is 3.23. The molecule has 1 aliphatic rings. The Morgan fingerprint density at radius 2 is 1.92 bits per heavy atom. The van der Waals surface area contributed by atoms with E-state index in [1.807, 2.05) is 0 Å². The zero-order valence-corrected chi connectivity index (χ0v) is 6.56. The van der Waals surface area contributed by atoms with Gasteiger partial charge in [0.25, 0.3) is 0 Å². The monoisotopic (exact) mass is 183 g/mol. The van der Waals surface area contributed by atoms with Gasteiger partial charge in [-0.25, -0.2) is 5.01 Å². The molecule has 1 rings (SSSR count). The molecule has 0 amide bonds. The number of nitrogens with two attached hydrogens (primary N) is 2. The zero-order valence-electron chi connectivity index (χ0n) is 6.56. The molecule has 4 N–H and O–H groups in total. The Morgan fingerprint density at radius 3 is 2.25 bits per heavy atom. The fourth-order valence-corrected chi connectivity index (χ4v) is 1.35. The third-order valence-electron chi connectivity index (χ3n) is 2.12. The average Bonchev–Trinajstić information content (AvgIpc) is 1.83. The van der Waals surface area contributed by atoms with Crippen molar-refractivity contribution >= 4 is 0 Å². The topological polar surface area (TPSA) is 55.3 Å². The molecule has 6 heteroatoms. The van der Waals surface area contributed by atoms with E-state index in [0.717, 1.165) is 5.01 Å². The number of piperidine rings is 1. The predicted molar refractivity (Wildman–Crippen MR) is 38.0 cm³/mol. The summed E-state index contributed by atoms with van der Waals surface area (Å²) in [5.41, 5.74) is 3.07. The van der Waals surface area contributed by atoms with Crippen LogP contribution in [0.4, 0.5) is 13.2 Å². The van der Waals surface area contributed by atoms with Gasteiger partial charge in [-0.1, -0.05) is 0 Å². The number of rotatable bonds is 0. The highest BCUT2D eigenvalue weighted by Crippen LogP contribution is 2.34. The van der Waals surface area contributed by atoms with Crippen LogP contribution in [0, 0.1) is 0 Å². The maximum Gasteiger partial charge on any atom is 0.407 e. The molecule has 1 heterocycles. The zero-order chi connectivity index (χ0) is 9.41. The van der Waals surface area contributed by atoms with Crippen molar-refractivity contribution in [3.63, 3.8) is 0 Å². The van der Waals surface area contributed by atoms with Gasteiger partial charge in [-0.15, -0.1) is 0 Å². The van der Waals surface area contributed by atoms with Crippen LogP contribution < -0.4 is 11.6 Å². The van der Waals surface area contributed by atoms with Gasteiger partial charge in [-0.3, -0.25) is 5.84 Å². The summed E-state index contributed by atoms with van der Waals surface area (Å²) >= 11 is 0. The first kappa shape index (κ1) is 9.76. The third kappa shape index (κ3) is 1.70. The summed E-state index contributed by atoms with van der Waals surface area (Å²) in [4.78, 5) is 0. The minimum atomic E-state index is -4.36. The summed E-state index contributed by atoms with van der Waals surface area (Å²) in [6.45, 7) is 0.172. The third-order valence-corrected chi connectivity index (χ3v) is 2.12. The van der Waals surface area contributed by atoms with E-state index in [0.29, 0.717) is 13.0 Å². The number of halogens is 3. The van der Waals surface area contributed by atoms with Crippen LogP contribution in [0.3, 0.4) is 0 Å². The highest BCUT2D eigenvalue weighted by Gasteiger charge is 2.53. The van der Waals surface area contributed by atoms with Crippen LogP contribution in [0.1, 0.15) is 12.8 Å². The SMILES string of the molecule is NN1CCCC(N)(C(F)(F)F)C1. The molecule has 0 aromatic carbocycles. The fraction of sp³-hybridized carbons (Fsp3) is 1.00. The Hall–Kier alpha value is -0.330. The molecule has 1 unspecified atom stereocenters. The molecule has 3 nitrogen and oxygen atoms in total. The van der Waals surface area contributed by atoms with Crippen molar-refractivity contribution in [3.8, 4) is 0 Å². The van der Waals surface area contributed by atoms with Crippen LogP contribution in [0.5, 0.6) is 0 Å². The summed E-state index contributed by atoms with van der Waals surface area (Å²) in [5.74, 6) is 5.26. The second-order valence-corrected chi connectivity index (χ2v) is 3.23. The second kappa shape index (κ2) is 2.86. The lowest BCUT2D eigenvalue weighted by Gasteiger charge is -2.39. The molecule has 0 aliphatic carbocycles. The number of hydrogen-bond donors (Lipinski definition) is 2. The van der Waals surface area contributed by atoms with E-state index in [1.54, 1.807) is 0 Å². The highest BCUT2D eigenvalue weighted by atomic mass is 19.4. The van der Waals surface area contributed by atoms with Crippen molar-refractivity contribution < 1.29 is 13.2 Å². The van der Waals surface area contributed by atoms with Crippen molar-refractivity contribution in [2.24, 2.45) is 11.6 Å². The lowest BCUT2D eigenvalue weighted by Crippen LogP contribution is -2.64. The summed E-state index contributed by atoms with van der Waals surface area (Å²) < 4.78 is 36.9. The Morgan fingerprint density at radius 1 is 1.33 bits per heavy atom. The Bertz CT molecular complexity index is 170. The first-order chi connectivity index (χ1) is 5.35. The molecule has 0 aromatic rings. The van der Waals surface area contributed by atoms with Gasteiger partial charge < -0.3 is 5.73 Å². The van der Waals surface area contributed by atoms with Crippen molar-refractivity contribution in [1.82, 2.24) is 5.01 Å². The van der Waals surface area contributed by atoms with Crippen LogP contribution in [0.25, 0.3) is 0 Å². The van der Waals surface area contributed by atoms with Crippen molar-refractivity contribution in [3.05, 3.63) is 0 Å². The quantitative estimate of drug-likeness (QED) is 0.528. The van der Waals surface area contributed by atoms with Gasteiger partial charge in [0.05, 0.1) is 0 Å². The summed E-state index contributed by atoms with van der Waals surface area (Å²) in [6, 6.07) is 0. The summed E-state index contributed by atoms with van der Waals surface area (Å²) in [7, 11) is 0. The van der Waals surface area contributed by atoms with E-state index >= 15 is 0 Å². The molecule has 1 aliphatic heterocycles. The molecule has 0 aromatic heterocycles. The first-order valence-electron chi connectivity index (χ1n) is 3.70. The van der Waals surface area contributed by atoms with Crippen LogP contribution in [0.15, 0.2) is 0 Å². The van der Waals surface area contributed by atoms with Gasteiger partial charge in [0.15, 0.2) is 0 Å². The first-order valence-corrected chi connectivity index (χ1v) is 3.70. The molecular formula is C6H12F3N3. The maximum absolute atomic E-state index is 12.3. The molecular weight excluding hydrogens is 171 g/mol. The van der Waals surface area contributed by atoms with E-state index in [-0.39, 0.29) is 13.0 Å². The van der Waals surface area contributed by atoms with E-state index in [2.05, 4.69) is 0 Å². The van der Waals surface area contributed by atoms with E-state index in [4.69, 9.17) is 11.6 Å². The number of nitrogens with zero attached hydrogens (tertiary/aromatic N) is 1.